The molecule has 10 heteroatoms. The fourth-order valence-corrected chi connectivity index (χ4v) is 3.76. The summed E-state index contributed by atoms with van der Waals surface area (Å²) in [7, 11) is 0. The molecule has 34 heavy (non-hydrogen) atoms. The molecule has 1 heterocycles. The monoisotopic (exact) mass is 472 g/mol. The van der Waals surface area contributed by atoms with E-state index in [4.69, 9.17) is 0 Å². The van der Waals surface area contributed by atoms with Crippen molar-refractivity contribution in [1.29, 1.82) is 0 Å². The predicted octanol–water partition coefficient (Wildman–Crippen LogP) is 2.58. The van der Waals surface area contributed by atoms with Crippen LogP contribution in [0.15, 0.2) is 48.5 Å². The summed E-state index contributed by atoms with van der Waals surface area (Å²) in [6, 6.07) is 13.0. The van der Waals surface area contributed by atoms with Crippen molar-refractivity contribution >= 4 is 23.4 Å². The van der Waals surface area contributed by atoms with Crippen molar-refractivity contribution in [3.8, 4) is 5.75 Å². The van der Waals surface area contributed by atoms with Crippen LogP contribution < -0.4 is 15.4 Å². The highest BCUT2D eigenvalue weighted by molar-refractivity contribution is 5.98. The molecule has 2 aliphatic rings. The normalized spacial score (nSPS) is 16.3. The van der Waals surface area contributed by atoms with Gasteiger partial charge in [-0.05, 0) is 43.2 Å². The molecule has 0 spiro atoms. The molecule has 180 valence electrons. The first-order chi connectivity index (χ1) is 16.4. The molecule has 0 radical (unpaired) electrons. The van der Waals surface area contributed by atoms with Crippen LogP contribution in [0.4, 0.5) is 14.5 Å². The summed E-state index contributed by atoms with van der Waals surface area (Å²) in [6.07, 6.45) is 1.99. The van der Waals surface area contributed by atoms with Gasteiger partial charge in [0.2, 0.25) is 5.91 Å². The van der Waals surface area contributed by atoms with Gasteiger partial charge in [-0.25, -0.2) is 0 Å². The Balaban J connectivity index is 1.27. The topological polar surface area (TPSA) is 91.0 Å². The second-order valence-corrected chi connectivity index (χ2v) is 8.32. The van der Waals surface area contributed by atoms with Crippen molar-refractivity contribution in [2.75, 3.05) is 38.0 Å². The molecule has 0 atom stereocenters. The van der Waals surface area contributed by atoms with E-state index >= 15 is 0 Å². The molecule has 0 unspecified atom stereocenters. The van der Waals surface area contributed by atoms with Crippen LogP contribution in [0.5, 0.6) is 5.75 Å². The van der Waals surface area contributed by atoms with Gasteiger partial charge in [0, 0.05) is 43.5 Å². The number of para-hydroxylation sites is 1. The standard InChI is InChI=1S/C24H26F2N4O4/c25-24(26)34-20-7-2-1-6-19(20)23(33)30-12-10-29(11-13-30)15-21(31)27-18-5-3-4-16(14-18)22(32)28-17-8-9-17/h1-7,14,17,24H,8-13,15H2,(H,27,31)(H,28,32). The minimum atomic E-state index is -3.02. The van der Waals surface area contributed by atoms with E-state index in [-0.39, 0.29) is 41.6 Å². The van der Waals surface area contributed by atoms with Gasteiger partial charge in [0.05, 0.1) is 12.1 Å². The van der Waals surface area contributed by atoms with Gasteiger partial charge in [0.25, 0.3) is 11.8 Å². The van der Waals surface area contributed by atoms with Gasteiger partial charge in [-0.3, -0.25) is 19.3 Å². The summed E-state index contributed by atoms with van der Waals surface area (Å²) < 4.78 is 29.7. The minimum absolute atomic E-state index is 0.0830. The summed E-state index contributed by atoms with van der Waals surface area (Å²) in [6.45, 7) is -1.26. The van der Waals surface area contributed by atoms with Gasteiger partial charge in [0.15, 0.2) is 0 Å². The molecule has 1 saturated carbocycles. The van der Waals surface area contributed by atoms with Crippen molar-refractivity contribution in [3.05, 3.63) is 59.7 Å². The number of nitrogens with one attached hydrogen (secondary N) is 2. The Morgan fingerprint density at radius 2 is 1.74 bits per heavy atom. The molecule has 0 bridgehead atoms. The van der Waals surface area contributed by atoms with Crippen LogP contribution in [-0.2, 0) is 4.79 Å². The number of carbonyl (C=O) groups excluding carboxylic acids is 3. The van der Waals surface area contributed by atoms with Crippen molar-refractivity contribution in [2.45, 2.75) is 25.5 Å². The molecule has 4 rings (SSSR count). The zero-order valence-electron chi connectivity index (χ0n) is 18.5. The Kier molecular flexibility index (Phi) is 7.36. The summed E-state index contributed by atoms with van der Waals surface area (Å²) in [5, 5.41) is 5.73. The van der Waals surface area contributed by atoms with Crippen molar-refractivity contribution in [3.63, 3.8) is 0 Å². The third kappa shape index (κ3) is 6.28. The molecule has 1 saturated heterocycles. The highest BCUT2D eigenvalue weighted by Gasteiger charge is 2.26. The van der Waals surface area contributed by atoms with Gasteiger partial charge in [-0.15, -0.1) is 0 Å². The second-order valence-electron chi connectivity index (χ2n) is 8.32. The molecule has 1 aliphatic heterocycles. The Morgan fingerprint density at radius 1 is 1.00 bits per heavy atom. The maximum absolute atomic E-state index is 12.8. The lowest BCUT2D eigenvalue weighted by molar-refractivity contribution is -0.117. The lowest BCUT2D eigenvalue weighted by Gasteiger charge is -2.34. The number of amides is 3. The fraction of sp³-hybridized carbons (Fsp3) is 0.375. The van der Waals surface area contributed by atoms with Crippen LogP contribution in [0.2, 0.25) is 0 Å². The Labute approximate surface area is 195 Å². The predicted molar refractivity (Wildman–Crippen MR) is 121 cm³/mol. The maximum atomic E-state index is 12.8. The van der Waals surface area contributed by atoms with E-state index in [2.05, 4.69) is 15.4 Å². The van der Waals surface area contributed by atoms with E-state index in [1.807, 2.05) is 4.90 Å². The third-order valence-corrected chi connectivity index (χ3v) is 5.68. The average Bonchev–Trinajstić information content (AvgIpc) is 3.63. The molecule has 3 amide bonds. The average molecular weight is 472 g/mol. The number of rotatable bonds is 8. The zero-order chi connectivity index (χ0) is 24.1. The molecular weight excluding hydrogens is 446 g/mol. The first kappa shape index (κ1) is 23.6. The quantitative estimate of drug-likeness (QED) is 0.617. The molecule has 8 nitrogen and oxygen atoms in total. The third-order valence-electron chi connectivity index (χ3n) is 5.68. The summed E-state index contributed by atoms with van der Waals surface area (Å²) >= 11 is 0. The fourth-order valence-electron chi connectivity index (χ4n) is 3.76. The number of anilines is 1. The number of benzene rings is 2. The lowest BCUT2D eigenvalue weighted by Crippen LogP contribution is -2.50. The number of carbonyl (C=O) groups is 3. The van der Waals surface area contributed by atoms with Gasteiger partial charge < -0.3 is 20.3 Å². The Morgan fingerprint density at radius 3 is 2.44 bits per heavy atom. The van der Waals surface area contributed by atoms with Gasteiger partial charge >= 0.3 is 6.61 Å². The highest BCUT2D eigenvalue weighted by atomic mass is 19.3. The smallest absolute Gasteiger partial charge is 0.387 e. The van der Waals surface area contributed by atoms with Crippen molar-refractivity contribution < 1.29 is 27.9 Å². The van der Waals surface area contributed by atoms with Gasteiger partial charge in [0.1, 0.15) is 5.75 Å². The summed E-state index contributed by atoms with van der Waals surface area (Å²) in [5.41, 5.74) is 1.12. The Bertz CT molecular complexity index is 1050. The highest BCUT2D eigenvalue weighted by Crippen LogP contribution is 2.23. The van der Waals surface area contributed by atoms with E-state index in [0.29, 0.717) is 37.4 Å². The van der Waals surface area contributed by atoms with Crippen LogP contribution >= 0.6 is 0 Å². The van der Waals surface area contributed by atoms with Crippen molar-refractivity contribution in [2.24, 2.45) is 0 Å². The molecular formula is C24H26F2N4O4. The van der Waals surface area contributed by atoms with E-state index in [1.165, 1.54) is 18.2 Å². The molecule has 0 aromatic heterocycles. The SMILES string of the molecule is O=C(CN1CCN(C(=O)c2ccccc2OC(F)F)CC1)Nc1cccc(C(=O)NC2CC2)c1. The zero-order valence-corrected chi connectivity index (χ0v) is 18.5. The number of hydrogen-bond acceptors (Lipinski definition) is 5. The number of nitrogens with zero attached hydrogens (tertiary/aromatic N) is 2. The molecule has 1 aliphatic carbocycles. The van der Waals surface area contributed by atoms with Crippen LogP contribution in [0.25, 0.3) is 0 Å². The van der Waals surface area contributed by atoms with E-state index < -0.39 is 6.61 Å². The largest absolute Gasteiger partial charge is 0.434 e. The van der Waals surface area contributed by atoms with Crippen molar-refractivity contribution in [1.82, 2.24) is 15.1 Å². The molecule has 2 aromatic carbocycles. The number of hydrogen-bond donors (Lipinski definition) is 2. The first-order valence-corrected chi connectivity index (χ1v) is 11.2. The van der Waals surface area contributed by atoms with Crippen LogP contribution in [0.3, 0.4) is 0 Å². The minimum Gasteiger partial charge on any atom is -0.434 e. The van der Waals surface area contributed by atoms with Crippen LogP contribution in [0.1, 0.15) is 33.6 Å². The first-order valence-electron chi connectivity index (χ1n) is 11.2. The summed E-state index contributed by atoms with van der Waals surface area (Å²) in [4.78, 5) is 41.0. The van der Waals surface area contributed by atoms with Gasteiger partial charge in [-0.1, -0.05) is 18.2 Å². The number of halogens is 2. The van der Waals surface area contributed by atoms with Crippen LogP contribution in [-0.4, -0.2) is 72.9 Å². The Hall–Kier alpha value is -3.53. The molecule has 2 fully saturated rings. The second kappa shape index (κ2) is 10.6. The van der Waals surface area contributed by atoms with E-state index in [0.717, 1.165) is 12.8 Å². The lowest BCUT2D eigenvalue weighted by atomic mass is 10.1. The van der Waals surface area contributed by atoms with Gasteiger partial charge in [-0.2, -0.15) is 8.78 Å². The van der Waals surface area contributed by atoms with E-state index in [9.17, 15) is 23.2 Å². The van der Waals surface area contributed by atoms with E-state index in [1.54, 1.807) is 35.2 Å². The van der Waals surface area contributed by atoms with Crippen LogP contribution in [0, 0.1) is 0 Å². The molecule has 2 N–H and O–H groups in total. The summed E-state index contributed by atoms with van der Waals surface area (Å²) in [5.74, 6) is -0.922. The molecule has 2 aromatic rings. The maximum Gasteiger partial charge on any atom is 0.387 e. The number of piperazine rings is 1. The number of alkyl halides is 2. The number of ether oxygens (including phenoxy) is 1.